The van der Waals surface area contributed by atoms with Gasteiger partial charge in [0.05, 0.1) is 0 Å². The van der Waals surface area contributed by atoms with Crippen LogP contribution in [0.5, 0.6) is 0 Å². The molecule has 0 fully saturated rings. The molecule has 2 heterocycles. The van der Waals surface area contributed by atoms with E-state index >= 15 is 0 Å². The summed E-state index contributed by atoms with van der Waals surface area (Å²) in [4.78, 5) is 2.67. The summed E-state index contributed by atoms with van der Waals surface area (Å²) < 4.78 is 2.92. The van der Waals surface area contributed by atoms with Crippen molar-refractivity contribution in [3.63, 3.8) is 0 Å². The molecule has 0 atom stereocenters. The summed E-state index contributed by atoms with van der Waals surface area (Å²) in [6.07, 6.45) is 0. The first-order valence-electron chi connectivity index (χ1n) is 18.2. The zero-order valence-corrected chi connectivity index (χ0v) is 31.6. The average Bonchev–Trinajstić information content (AvgIpc) is 3.82. The molecule has 0 spiro atoms. The zero-order valence-electron chi connectivity index (χ0n) is 29.1. The molecular formula is C51H32SSe. The molecule has 0 N–H and O–H groups in total. The van der Waals surface area contributed by atoms with Gasteiger partial charge in [0.25, 0.3) is 0 Å². The second-order valence-electron chi connectivity index (χ2n) is 14.0. The molecule has 0 amide bonds. The van der Waals surface area contributed by atoms with Gasteiger partial charge in [-0.15, -0.1) is 0 Å². The van der Waals surface area contributed by atoms with E-state index in [-0.39, 0.29) is 14.5 Å². The fourth-order valence-corrected chi connectivity index (χ4v) is 12.2. The molecule has 11 aromatic rings. The van der Waals surface area contributed by atoms with Crippen molar-refractivity contribution in [3.05, 3.63) is 181 Å². The third-order valence-electron chi connectivity index (χ3n) is 11.0. The van der Waals surface area contributed by atoms with Crippen LogP contribution in [-0.4, -0.2) is 14.5 Å². The van der Waals surface area contributed by atoms with Crippen LogP contribution in [0.15, 0.2) is 176 Å². The summed E-state index contributed by atoms with van der Waals surface area (Å²) in [6, 6.07) is 65.8. The van der Waals surface area contributed by atoms with Gasteiger partial charge in [-0.2, -0.15) is 0 Å². The summed E-state index contributed by atoms with van der Waals surface area (Å²) in [7, 11) is 0. The van der Waals surface area contributed by atoms with Crippen LogP contribution >= 0.6 is 11.3 Å². The molecule has 248 valence electrons. The van der Waals surface area contributed by atoms with Crippen molar-refractivity contribution in [2.75, 3.05) is 0 Å². The molecule has 0 aliphatic carbocycles. The second kappa shape index (κ2) is 12.2. The van der Waals surface area contributed by atoms with Crippen molar-refractivity contribution < 1.29 is 0 Å². The van der Waals surface area contributed by atoms with Crippen LogP contribution in [0, 0.1) is 6.92 Å². The van der Waals surface area contributed by atoms with Crippen LogP contribution in [0.4, 0.5) is 0 Å². The Labute approximate surface area is 318 Å². The third kappa shape index (κ3) is 4.74. The molecule has 0 bridgehead atoms. The van der Waals surface area contributed by atoms with Crippen molar-refractivity contribution in [2.24, 2.45) is 0 Å². The monoisotopic (exact) mass is 756 g/mol. The zero-order chi connectivity index (χ0) is 35.0. The average molecular weight is 756 g/mol. The summed E-state index contributed by atoms with van der Waals surface area (Å²) in [5.41, 5.74) is 9.19. The predicted octanol–water partition coefficient (Wildman–Crippen LogP) is 14.7. The van der Waals surface area contributed by atoms with Crippen LogP contribution in [0.2, 0.25) is 0 Å². The minimum atomic E-state index is 0.187. The number of rotatable bonds is 4. The van der Waals surface area contributed by atoms with Crippen LogP contribution in [0.1, 0.15) is 4.88 Å². The molecule has 11 rings (SSSR count). The Kier molecular flexibility index (Phi) is 7.07. The number of aryl methyl sites for hydroxylation is 1. The summed E-state index contributed by atoms with van der Waals surface area (Å²) in [5.74, 6) is 0. The molecule has 0 saturated heterocycles. The molecule has 0 radical (unpaired) electrons. The van der Waals surface area contributed by atoms with Gasteiger partial charge in [0.2, 0.25) is 0 Å². The molecule has 0 aliphatic rings. The third-order valence-corrected chi connectivity index (χ3v) is 14.3. The van der Waals surface area contributed by atoms with Gasteiger partial charge in [-0.25, -0.2) is 0 Å². The number of hydrogen-bond donors (Lipinski definition) is 0. The van der Waals surface area contributed by atoms with E-state index in [1.165, 1.54) is 111 Å². The standard InChI is InChI=1S/C51H32SSe/c1-31-26-29-44(52-31)50-40-22-11-7-18-36(40)48(37-19-8-12-23-41(37)50)33-27-28-42-46(30-33)53-45-25-13-24-43(51(42)45)49-38-20-9-5-16-34(38)47(32-14-3-2-4-15-32)35-17-6-10-21-39(35)49/h2-30H,1H3. The van der Waals surface area contributed by atoms with E-state index in [9.17, 15) is 0 Å². The van der Waals surface area contributed by atoms with Gasteiger partial charge in [-0.05, 0) is 0 Å². The van der Waals surface area contributed by atoms with Crippen molar-refractivity contribution in [2.45, 2.75) is 6.92 Å². The maximum atomic E-state index is 2.51. The fraction of sp³-hybridized carbons (Fsp3) is 0.0196. The van der Waals surface area contributed by atoms with Crippen LogP contribution < -0.4 is 0 Å². The van der Waals surface area contributed by atoms with Crippen molar-refractivity contribution >= 4 is 88.2 Å². The van der Waals surface area contributed by atoms with E-state index in [1.54, 1.807) is 0 Å². The number of fused-ring (bicyclic) bond motifs is 7. The molecule has 0 aliphatic heterocycles. The summed E-state index contributed by atoms with van der Waals surface area (Å²) in [6.45, 7) is 2.20. The minimum absolute atomic E-state index is 0.187. The van der Waals surface area contributed by atoms with Crippen molar-refractivity contribution in [1.29, 1.82) is 0 Å². The fourth-order valence-electron chi connectivity index (χ4n) is 8.80. The molecule has 2 aromatic heterocycles. The van der Waals surface area contributed by atoms with Gasteiger partial charge in [0.1, 0.15) is 0 Å². The van der Waals surface area contributed by atoms with Crippen LogP contribution in [0.25, 0.3) is 106 Å². The molecule has 0 nitrogen and oxygen atoms in total. The summed E-state index contributed by atoms with van der Waals surface area (Å²) >= 11 is 2.07. The predicted molar refractivity (Wildman–Crippen MR) is 233 cm³/mol. The van der Waals surface area contributed by atoms with Gasteiger partial charge >= 0.3 is 320 Å². The van der Waals surface area contributed by atoms with E-state index in [2.05, 4.69) is 183 Å². The molecule has 9 aromatic carbocycles. The molecule has 0 saturated carbocycles. The Balaban J connectivity index is 1.18. The molecule has 53 heavy (non-hydrogen) atoms. The van der Waals surface area contributed by atoms with Gasteiger partial charge in [-0.3, -0.25) is 0 Å². The normalized spacial score (nSPS) is 11.9. The first kappa shape index (κ1) is 30.8. The Hall–Kier alpha value is -5.76. The van der Waals surface area contributed by atoms with E-state index in [1.807, 2.05) is 11.3 Å². The number of thiophene rings is 1. The number of benzene rings is 9. The molecule has 2 heteroatoms. The van der Waals surface area contributed by atoms with E-state index in [0.29, 0.717) is 0 Å². The van der Waals surface area contributed by atoms with Crippen molar-refractivity contribution in [1.82, 2.24) is 0 Å². The Morgan fingerprint density at radius 1 is 0.358 bits per heavy atom. The topological polar surface area (TPSA) is 0 Å². The van der Waals surface area contributed by atoms with Crippen molar-refractivity contribution in [3.8, 4) is 43.8 Å². The van der Waals surface area contributed by atoms with Crippen LogP contribution in [0.3, 0.4) is 0 Å². The first-order valence-corrected chi connectivity index (χ1v) is 20.7. The van der Waals surface area contributed by atoms with Crippen LogP contribution in [-0.2, 0) is 0 Å². The van der Waals surface area contributed by atoms with E-state index < -0.39 is 0 Å². The Morgan fingerprint density at radius 2 is 0.868 bits per heavy atom. The first-order chi connectivity index (χ1) is 26.2. The van der Waals surface area contributed by atoms with E-state index in [0.717, 1.165) is 0 Å². The van der Waals surface area contributed by atoms with Gasteiger partial charge in [0.15, 0.2) is 0 Å². The Morgan fingerprint density at radius 3 is 1.42 bits per heavy atom. The van der Waals surface area contributed by atoms with Gasteiger partial charge in [-0.1, -0.05) is 0 Å². The molecule has 0 unspecified atom stereocenters. The van der Waals surface area contributed by atoms with Gasteiger partial charge < -0.3 is 0 Å². The quantitative estimate of drug-likeness (QED) is 0.124. The maximum absolute atomic E-state index is 2.51. The number of hydrogen-bond acceptors (Lipinski definition) is 1. The van der Waals surface area contributed by atoms with Gasteiger partial charge in [0, 0.05) is 0 Å². The molecular weight excluding hydrogens is 724 g/mol. The summed E-state index contributed by atoms with van der Waals surface area (Å²) in [5, 5.41) is 13.2. The SMILES string of the molecule is Cc1ccc(-c2c3ccccc3c(-c3ccc4c(c3)[se]c3cccc(-c5c6ccccc6c(-c6ccccc6)c6ccccc56)c34)c3ccccc23)s1. The second-order valence-corrected chi connectivity index (χ2v) is 17.5. The van der Waals surface area contributed by atoms with E-state index in [4.69, 9.17) is 0 Å². The Bertz CT molecular complexity index is 3120.